The number of amides is 2. The zero-order chi connectivity index (χ0) is 20.4. The third kappa shape index (κ3) is 6.72. The first-order valence-corrected chi connectivity index (χ1v) is 8.90. The largest absolute Gasteiger partial charge is 0.497 e. The number of nitrogens with one attached hydrogen (secondary N) is 2. The Hall–Kier alpha value is -3.41. The molecule has 6 heteroatoms. The molecule has 2 aromatic carbocycles. The van der Waals surface area contributed by atoms with E-state index in [1.807, 2.05) is 19.1 Å². The van der Waals surface area contributed by atoms with E-state index in [2.05, 4.69) is 10.6 Å². The first kappa shape index (κ1) is 20.9. The lowest BCUT2D eigenvalue weighted by molar-refractivity contribution is -0.121. The van der Waals surface area contributed by atoms with Gasteiger partial charge in [-0.25, -0.2) is 4.39 Å². The highest BCUT2D eigenvalue weighted by Gasteiger charge is 2.11. The number of methoxy groups -OCH3 is 1. The van der Waals surface area contributed by atoms with E-state index in [-0.39, 0.29) is 11.5 Å². The molecule has 0 aliphatic carbocycles. The molecule has 0 radical (unpaired) electrons. The van der Waals surface area contributed by atoms with Crippen molar-refractivity contribution in [1.29, 1.82) is 0 Å². The van der Waals surface area contributed by atoms with E-state index in [1.165, 1.54) is 36.4 Å². The van der Waals surface area contributed by atoms with Crippen LogP contribution >= 0.6 is 0 Å². The van der Waals surface area contributed by atoms with Gasteiger partial charge in [0.1, 0.15) is 17.3 Å². The van der Waals surface area contributed by atoms with Crippen molar-refractivity contribution < 1.29 is 18.7 Å². The molecule has 0 saturated carbocycles. The van der Waals surface area contributed by atoms with Gasteiger partial charge in [-0.2, -0.15) is 0 Å². The summed E-state index contributed by atoms with van der Waals surface area (Å²) in [5.41, 5.74) is 1.50. The number of benzene rings is 2. The highest BCUT2D eigenvalue weighted by atomic mass is 19.1. The SMILES string of the molecule is CCCNC(=O)/C(=C/c1ccc(F)cc1)NC(=O)/C=C/c1ccc(OC)cc1. The number of carbonyl (C=O) groups is 2. The zero-order valence-corrected chi connectivity index (χ0v) is 15.9. The summed E-state index contributed by atoms with van der Waals surface area (Å²) >= 11 is 0. The smallest absolute Gasteiger partial charge is 0.267 e. The van der Waals surface area contributed by atoms with E-state index in [0.717, 1.165) is 17.7 Å². The van der Waals surface area contributed by atoms with Gasteiger partial charge >= 0.3 is 0 Å². The van der Waals surface area contributed by atoms with E-state index in [0.29, 0.717) is 12.1 Å². The van der Waals surface area contributed by atoms with Gasteiger partial charge in [-0.1, -0.05) is 31.2 Å². The van der Waals surface area contributed by atoms with Crippen molar-refractivity contribution in [2.45, 2.75) is 13.3 Å². The summed E-state index contributed by atoms with van der Waals surface area (Å²) in [5.74, 6) is -0.507. The molecule has 0 aliphatic rings. The molecule has 2 rings (SSSR count). The third-order valence-corrected chi connectivity index (χ3v) is 3.76. The Bertz CT molecular complexity index is 856. The van der Waals surface area contributed by atoms with Gasteiger partial charge in [-0.3, -0.25) is 9.59 Å². The lowest BCUT2D eigenvalue weighted by atomic mass is 10.1. The molecule has 2 amide bonds. The minimum atomic E-state index is -0.448. The van der Waals surface area contributed by atoms with Crippen molar-refractivity contribution in [3.05, 3.63) is 77.2 Å². The van der Waals surface area contributed by atoms with Crippen LogP contribution in [-0.4, -0.2) is 25.5 Å². The first-order valence-electron chi connectivity index (χ1n) is 8.90. The summed E-state index contributed by atoms with van der Waals surface area (Å²) in [7, 11) is 1.58. The minimum absolute atomic E-state index is 0.0874. The van der Waals surface area contributed by atoms with Crippen LogP contribution in [-0.2, 0) is 9.59 Å². The van der Waals surface area contributed by atoms with Gasteiger partial charge in [-0.05, 0) is 54.0 Å². The maximum Gasteiger partial charge on any atom is 0.267 e. The molecule has 0 aliphatic heterocycles. The fourth-order valence-electron chi connectivity index (χ4n) is 2.28. The van der Waals surface area contributed by atoms with Gasteiger partial charge < -0.3 is 15.4 Å². The summed E-state index contributed by atoms with van der Waals surface area (Å²) in [6.45, 7) is 2.41. The second-order valence-electron chi connectivity index (χ2n) is 5.96. The summed E-state index contributed by atoms with van der Waals surface area (Å²) in [6, 6.07) is 12.8. The Balaban J connectivity index is 2.13. The highest BCUT2D eigenvalue weighted by Crippen LogP contribution is 2.12. The van der Waals surface area contributed by atoms with Crippen LogP contribution in [0.3, 0.4) is 0 Å². The van der Waals surface area contributed by atoms with Crippen molar-refractivity contribution in [2.24, 2.45) is 0 Å². The predicted molar refractivity (Wildman–Crippen MR) is 108 cm³/mol. The van der Waals surface area contributed by atoms with Gasteiger partial charge in [0.25, 0.3) is 5.91 Å². The van der Waals surface area contributed by atoms with Crippen LogP contribution in [0.2, 0.25) is 0 Å². The molecular formula is C22H23FN2O3. The monoisotopic (exact) mass is 382 g/mol. The van der Waals surface area contributed by atoms with Crippen molar-refractivity contribution in [1.82, 2.24) is 10.6 Å². The average Bonchev–Trinajstić information content (AvgIpc) is 2.72. The molecular weight excluding hydrogens is 359 g/mol. The zero-order valence-electron chi connectivity index (χ0n) is 15.9. The van der Waals surface area contributed by atoms with Gasteiger partial charge in [0, 0.05) is 12.6 Å². The Kier molecular flexibility index (Phi) is 7.96. The van der Waals surface area contributed by atoms with Crippen molar-refractivity contribution in [3.8, 4) is 5.75 Å². The summed E-state index contributed by atoms with van der Waals surface area (Å²) < 4.78 is 18.2. The maximum atomic E-state index is 13.1. The Morgan fingerprint density at radius 3 is 2.29 bits per heavy atom. The fraction of sp³-hybridized carbons (Fsp3) is 0.182. The van der Waals surface area contributed by atoms with Crippen LogP contribution in [0, 0.1) is 5.82 Å². The molecule has 0 spiro atoms. The van der Waals surface area contributed by atoms with Crippen LogP contribution in [0.5, 0.6) is 5.75 Å². The maximum absolute atomic E-state index is 13.1. The van der Waals surface area contributed by atoms with Crippen LogP contribution < -0.4 is 15.4 Å². The van der Waals surface area contributed by atoms with E-state index in [1.54, 1.807) is 25.3 Å². The lowest BCUT2D eigenvalue weighted by Crippen LogP contribution is -2.34. The third-order valence-electron chi connectivity index (χ3n) is 3.76. The normalized spacial score (nSPS) is 11.3. The van der Waals surface area contributed by atoms with Gasteiger partial charge in [0.05, 0.1) is 7.11 Å². The van der Waals surface area contributed by atoms with Gasteiger partial charge in [0.15, 0.2) is 0 Å². The number of halogens is 1. The molecule has 146 valence electrons. The topological polar surface area (TPSA) is 67.4 Å². The molecule has 28 heavy (non-hydrogen) atoms. The van der Waals surface area contributed by atoms with E-state index >= 15 is 0 Å². The highest BCUT2D eigenvalue weighted by molar-refractivity contribution is 6.04. The Labute approximate surface area is 163 Å². The molecule has 0 saturated heterocycles. The Morgan fingerprint density at radius 1 is 1.04 bits per heavy atom. The summed E-state index contributed by atoms with van der Waals surface area (Å²) in [5, 5.41) is 5.31. The summed E-state index contributed by atoms with van der Waals surface area (Å²) in [6.07, 6.45) is 5.24. The average molecular weight is 382 g/mol. The molecule has 2 aromatic rings. The van der Waals surface area contributed by atoms with E-state index in [4.69, 9.17) is 4.74 Å². The second kappa shape index (κ2) is 10.7. The molecule has 0 fully saturated rings. The van der Waals surface area contributed by atoms with Gasteiger partial charge in [0.2, 0.25) is 5.91 Å². The molecule has 2 N–H and O–H groups in total. The first-order chi connectivity index (χ1) is 13.5. The standard InChI is InChI=1S/C22H23FN2O3/c1-3-14-24-22(27)20(15-17-4-9-18(23)10-5-17)25-21(26)13-8-16-6-11-19(28-2)12-7-16/h4-13,15H,3,14H2,1-2H3,(H,24,27)(H,25,26)/b13-8+,20-15-. The molecule has 0 atom stereocenters. The fourth-order valence-corrected chi connectivity index (χ4v) is 2.28. The van der Waals surface area contributed by atoms with Crippen molar-refractivity contribution >= 4 is 24.0 Å². The van der Waals surface area contributed by atoms with Crippen LogP contribution in [0.15, 0.2) is 60.3 Å². The molecule has 5 nitrogen and oxygen atoms in total. The number of hydrogen-bond acceptors (Lipinski definition) is 3. The number of ether oxygens (including phenoxy) is 1. The molecule has 0 bridgehead atoms. The molecule has 0 aromatic heterocycles. The van der Waals surface area contributed by atoms with Crippen LogP contribution in [0.4, 0.5) is 4.39 Å². The van der Waals surface area contributed by atoms with Crippen molar-refractivity contribution in [2.75, 3.05) is 13.7 Å². The van der Waals surface area contributed by atoms with Crippen LogP contribution in [0.1, 0.15) is 24.5 Å². The van der Waals surface area contributed by atoms with Gasteiger partial charge in [-0.15, -0.1) is 0 Å². The number of hydrogen-bond donors (Lipinski definition) is 2. The van der Waals surface area contributed by atoms with Crippen molar-refractivity contribution in [3.63, 3.8) is 0 Å². The Morgan fingerprint density at radius 2 is 1.68 bits per heavy atom. The number of carbonyl (C=O) groups excluding carboxylic acids is 2. The number of rotatable bonds is 8. The second-order valence-corrected chi connectivity index (χ2v) is 5.96. The predicted octanol–water partition coefficient (Wildman–Crippen LogP) is 3.53. The molecule has 0 unspecified atom stereocenters. The molecule has 0 heterocycles. The lowest BCUT2D eigenvalue weighted by Gasteiger charge is -2.09. The minimum Gasteiger partial charge on any atom is -0.497 e. The van der Waals surface area contributed by atoms with Crippen LogP contribution in [0.25, 0.3) is 12.2 Å². The van der Waals surface area contributed by atoms with E-state index < -0.39 is 11.8 Å². The van der Waals surface area contributed by atoms with E-state index in [9.17, 15) is 14.0 Å². The summed E-state index contributed by atoms with van der Waals surface area (Å²) in [4.78, 5) is 24.6. The quantitative estimate of drug-likeness (QED) is 0.687.